The monoisotopic (exact) mass is 483 g/mol. The molecule has 0 radical (unpaired) electrons. The molecule has 0 bridgehead atoms. The van der Waals surface area contributed by atoms with Gasteiger partial charge < -0.3 is 14.5 Å². The fourth-order valence-corrected chi connectivity index (χ4v) is 5.01. The number of likely N-dealkylation sites (N-methyl/N-ethyl adjacent to an activating group) is 1. The Morgan fingerprint density at radius 1 is 1.15 bits per heavy atom. The number of amides is 2. The summed E-state index contributed by atoms with van der Waals surface area (Å²) in [5, 5.41) is 0.814. The Bertz CT molecular complexity index is 1160. The van der Waals surface area contributed by atoms with E-state index in [-0.39, 0.29) is 17.7 Å². The minimum atomic E-state index is -0.911. The van der Waals surface area contributed by atoms with Gasteiger partial charge in [0.1, 0.15) is 10.8 Å². The number of likely N-dealkylation sites (tertiary alicyclic amines) is 1. The van der Waals surface area contributed by atoms with Crippen LogP contribution in [0.5, 0.6) is 0 Å². The van der Waals surface area contributed by atoms with E-state index < -0.39 is 17.9 Å². The first-order valence-electron chi connectivity index (χ1n) is 11.2. The van der Waals surface area contributed by atoms with Crippen molar-refractivity contribution in [2.45, 2.75) is 32.4 Å². The first-order valence-corrected chi connectivity index (χ1v) is 12.0. The van der Waals surface area contributed by atoms with E-state index in [0.29, 0.717) is 38.0 Å². The summed E-state index contributed by atoms with van der Waals surface area (Å²) in [7, 11) is 1.66. The molecule has 1 atom stereocenters. The number of nitrogens with zero attached hydrogens (tertiary/aromatic N) is 3. The fraction of sp³-hybridized carbons (Fsp3) is 0.360. The summed E-state index contributed by atoms with van der Waals surface area (Å²) >= 11 is 1.53. The van der Waals surface area contributed by atoms with Crippen LogP contribution in [0.15, 0.2) is 48.5 Å². The van der Waals surface area contributed by atoms with E-state index in [9.17, 15) is 18.8 Å². The Morgan fingerprint density at radius 3 is 2.50 bits per heavy atom. The summed E-state index contributed by atoms with van der Waals surface area (Å²) in [6.07, 6.45) is -0.00613. The highest BCUT2D eigenvalue weighted by molar-refractivity contribution is 7.18. The Balaban J connectivity index is 1.26. The average Bonchev–Trinajstić information content (AvgIpc) is 3.25. The summed E-state index contributed by atoms with van der Waals surface area (Å²) < 4.78 is 19.6. The smallest absolute Gasteiger partial charge is 0.309 e. The third-order valence-corrected chi connectivity index (χ3v) is 6.96. The standard InChI is InChI=1S/C25H26FN3O4S/c1-16(23(30)28(2)15-22-27-20-5-3-4-6-21(20)34-22)33-25(32)18-11-13-29(14-12-18)24(31)17-7-9-19(26)10-8-17/h3-10,16,18H,11-15H2,1-2H3/t16-/m1/s1. The Kier molecular flexibility index (Phi) is 7.21. The molecule has 1 fully saturated rings. The number of para-hydroxylation sites is 1. The zero-order valence-electron chi connectivity index (χ0n) is 19.1. The second kappa shape index (κ2) is 10.3. The third kappa shape index (κ3) is 5.41. The summed E-state index contributed by atoms with van der Waals surface area (Å²) in [6.45, 7) is 2.71. The molecule has 2 amide bonds. The maximum atomic E-state index is 13.1. The largest absolute Gasteiger partial charge is 0.452 e. The van der Waals surface area contributed by atoms with E-state index in [0.717, 1.165) is 15.2 Å². The van der Waals surface area contributed by atoms with E-state index in [4.69, 9.17) is 4.74 Å². The lowest BCUT2D eigenvalue weighted by atomic mass is 9.96. The number of piperidine rings is 1. The minimum absolute atomic E-state index is 0.188. The number of carbonyl (C=O) groups is 3. The Morgan fingerprint density at radius 2 is 1.82 bits per heavy atom. The fourth-order valence-electron chi connectivity index (χ4n) is 3.99. The van der Waals surface area contributed by atoms with Crippen LogP contribution in [-0.2, 0) is 20.9 Å². The molecular formula is C25H26FN3O4S. The number of ether oxygens (including phenoxy) is 1. The van der Waals surface area contributed by atoms with Crippen molar-refractivity contribution in [3.8, 4) is 0 Å². The van der Waals surface area contributed by atoms with Crippen LogP contribution in [-0.4, -0.2) is 58.8 Å². The van der Waals surface area contributed by atoms with Crippen molar-refractivity contribution >= 4 is 39.3 Å². The summed E-state index contributed by atoms with van der Waals surface area (Å²) in [4.78, 5) is 45.7. The highest BCUT2D eigenvalue weighted by Gasteiger charge is 2.31. The lowest BCUT2D eigenvalue weighted by Crippen LogP contribution is -2.42. The maximum absolute atomic E-state index is 13.1. The average molecular weight is 484 g/mol. The van der Waals surface area contributed by atoms with Crippen molar-refractivity contribution in [3.63, 3.8) is 0 Å². The van der Waals surface area contributed by atoms with Crippen LogP contribution in [0.4, 0.5) is 4.39 Å². The second-order valence-corrected chi connectivity index (χ2v) is 9.54. The molecule has 0 aliphatic carbocycles. The molecule has 2 heterocycles. The number of carbonyl (C=O) groups excluding carboxylic acids is 3. The second-order valence-electron chi connectivity index (χ2n) is 8.42. The van der Waals surface area contributed by atoms with Crippen molar-refractivity contribution in [1.82, 2.24) is 14.8 Å². The van der Waals surface area contributed by atoms with Crippen LogP contribution >= 0.6 is 11.3 Å². The van der Waals surface area contributed by atoms with Gasteiger partial charge in [-0.3, -0.25) is 14.4 Å². The molecule has 0 N–H and O–H groups in total. The maximum Gasteiger partial charge on any atom is 0.309 e. The number of rotatable bonds is 6. The number of fused-ring (bicyclic) bond motifs is 1. The number of halogens is 1. The van der Waals surface area contributed by atoms with Crippen molar-refractivity contribution in [2.75, 3.05) is 20.1 Å². The molecule has 34 heavy (non-hydrogen) atoms. The Hall–Kier alpha value is -3.33. The molecule has 0 saturated carbocycles. The number of aromatic nitrogens is 1. The van der Waals surface area contributed by atoms with Crippen LogP contribution in [0.25, 0.3) is 10.2 Å². The highest BCUT2D eigenvalue weighted by Crippen LogP contribution is 2.24. The first kappa shape index (κ1) is 23.8. The molecule has 0 unspecified atom stereocenters. The van der Waals surface area contributed by atoms with E-state index >= 15 is 0 Å². The number of hydrogen-bond acceptors (Lipinski definition) is 6. The third-order valence-electron chi connectivity index (χ3n) is 5.93. The van der Waals surface area contributed by atoms with E-state index in [1.807, 2.05) is 24.3 Å². The van der Waals surface area contributed by atoms with Gasteiger partial charge in [-0.1, -0.05) is 12.1 Å². The molecule has 9 heteroatoms. The zero-order valence-corrected chi connectivity index (χ0v) is 19.9. The number of benzene rings is 2. The predicted molar refractivity (Wildman–Crippen MR) is 127 cm³/mol. The van der Waals surface area contributed by atoms with Crippen LogP contribution in [0.2, 0.25) is 0 Å². The summed E-state index contributed by atoms with van der Waals surface area (Å²) in [6, 6.07) is 13.2. The molecule has 1 saturated heterocycles. The van der Waals surface area contributed by atoms with Crippen LogP contribution in [0.3, 0.4) is 0 Å². The van der Waals surface area contributed by atoms with Gasteiger partial charge in [0.2, 0.25) is 0 Å². The Labute approximate surface area is 201 Å². The highest BCUT2D eigenvalue weighted by atomic mass is 32.1. The van der Waals surface area contributed by atoms with Gasteiger partial charge in [0, 0.05) is 25.7 Å². The van der Waals surface area contributed by atoms with Gasteiger partial charge in [-0.25, -0.2) is 9.37 Å². The summed E-state index contributed by atoms with van der Waals surface area (Å²) in [5.74, 6) is -1.68. The van der Waals surface area contributed by atoms with Gasteiger partial charge in [-0.2, -0.15) is 0 Å². The lowest BCUT2D eigenvalue weighted by Gasteiger charge is -2.31. The van der Waals surface area contributed by atoms with Gasteiger partial charge in [-0.05, 0) is 56.2 Å². The van der Waals surface area contributed by atoms with Crippen LogP contribution in [0, 0.1) is 11.7 Å². The zero-order chi connectivity index (χ0) is 24.2. The number of esters is 1. The molecule has 1 aliphatic rings. The van der Waals surface area contributed by atoms with Crippen molar-refractivity contribution < 1.29 is 23.5 Å². The minimum Gasteiger partial charge on any atom is -0.452 e. The van der Waals surface area contributed by atoms with Crippen molar-refractivity contribution in [3.05, 3.63) is 64.9 Å². The molecule has 2 aromatic carbocycles. The molecule has 3 aromatic rings. The van der Waals surface area contributed by atoms with Gasteiger partial charge >= 0.3 is 5.97 Å². The topological polar surface area (TPSA) is 79.8 Å². The number of hydrogen-bond donors (Lipinski definition) is 0. The van der Waals surface area contributed by atoms with Gasteiger partial charge in [0.25, 0.3) is 11.8 Å². The van der Waals surface area contributed by atoms with Gasteiger partial charge in [0.15, 0.2) is 6.10 Å². The SMILES string of the molecule is C[C@@H](OC(=O)C1CCN(C(=O)c2ccc(F)cc2)CC1)C(=O)N(C)Cc1nc2ccccc2s1. The van der Waals surface area contributed by atoms with Gasteiger partial charge in [-0.15, -0.1) is 11.3 Å². The molecular weight excluding hydrogens is 457 g/mol. The molecule has 1 aliphatic heterocycles. The van der Waals surface area contributed by atoms with Crippen molar-refractivity contribution in [1.29, 1.82) is 0 Å². The summed E-state index contributed by atoms with van der Waals surface area (Å²) in [5.41, 5.74) is 1.31. The van der Waals surface area contributed by atoms with Gasteiger partial charge in [0.05, 0.1) is 22.7 Å². The molecule has 7 nitrogen and oxygen atoms in total. The molecule has 178 valence electrons. The van der Waals surface area contributed by atoms with E-state index in [1.165, 1.54) is 40.5 Å². The van der Waals surface area contributed by atoms with Crippen LogP contribution in [0.1, 0.15) is 35.1 Å². The van der Waals surface area contributed by atoms with E-state index in [2.05, 4.69) is 4.98 Å². The normalized spacial score (nSPS) is 15.2. The quantitative estimate of drug-likeness (QED) is 0.497. The lowest BCUT2D eigenvalue weighted by molar-refractivity contribution is -0.163. The predicted octanol–water partition coefficient (Wildman–Crippen LogP) is 3.88. The molecule has 4 rings (SSSR count). The number of thiazole rings is 1. The van der Waals surface area contributed by atoms with E-state index in [1.54, 1.807) is 18.9 Å². The molecule has 1 aromatic heterocycles. The van der Waals surface area contributed by atoms with Crippen molar-refractivity contribution in [2.24, 2.45) is 5.92 Å². The first-order chi connectivity index (χ1) is 16.3. The molecule has 0 spiro atoms. The van der Waals surface area contributed by atoms with Crippen LogP contribution < -0.4 is 0 Å².